The average Bonchev–Trinajstić information content (AvgIpc) is 2.11. The minimum Gasteiger partial charge on any atom is -0.343 e. The van der Waals surface area contributed by atoms with E-state index < -0.39 is 11.3 Å². The fraction of sp³-hybridized carbons (Fsp3) is 1.00. The zero-order chi connectivity index (χ0) is 10.8. The quantitative estimate of drug-likeness (QED) is 0.516. The van der Waals surface area contributed by atoms with E-state index in [1.54, 1.807) is 6.92 Å². The number of hydrogen-bond donors (Lipinski definition) is 0. The van der Waals surface area contributed by atoms with Crippen LogP contribution in [0.15, 0.2) is 0 Å². The molecule has 1 heterocycles. The van der Waals surface area contributed by atoms with Crippen LogP contribution in [-0.4, -0.2) is 29.5 Å². The van der Waals surface area contributed by atoms with Crippen LogP contribution < -0.4 is 0 Å². The summed E-state index contributed by atoms with van der Waals surface area (Å²) < 4.78 is 10.8. The van der Waals surface area contributed by atoms with Gasteiger partial charge in [-0.15, -0.1) is 0 Å². The summed E-state index contributed by atoms with van der Waals surface area (Å²) in [5.41, 5.74) is -1.09. The molecule has 1 saturated heterocycles. The van der Waals surface area contributed by atoms with Crippen LogP contribution in [0.4, 0.5) is 0 Å². The molecular formula is C9H17NO4. The molecule has 0 amide bonds. The first-order valence-electron chi connectivity index (χ1n) is 4.84. The van der Waals surface area contributed by atoms with E-state index in [1.807, 2.05) is 13.8 Å². The predicted molar refractivity (Wildman–Crippen MR) is 50.6 cm³/mol. The third-order valence-electron chi connectivity index (χ3n) is 2.52. The van der Waals surface area contributed by atoms with E-state index in [2.05, 4.69) is 0 Å². The molecule has 14 heavy (non-hydrogen) atoms. The van der Waals surface area contributed by atoms with Crippen LogP contribution in [-0.2, 0) is 9.47 Å². The molecule has 5 nitrogen and oxygen atoms in total. The highest BCUT2D eigenvalue weighted by Gasteiger charge is 2.47. The van der Waals surface area contributed by atoms with Gasteiger partial charge in [-0.25, -0.2) is 0 Å². The largest absolute Gasteiger partial charge is 0.343 e. The van der Waals surface area contributed by atoms with E-state index in [0.29, 0.717) is 0 Å². The van der Waals surface area contributed by atoms with Crippen molar-refractivity contribution in [1.82, 2.24) is 0 Å². The van der Waals surface area contributed by atoms with Crippen LogP contribution in [0.5, 0.6) is 0 Å². The minimum atomic E-state index is -1.09. The molecule has 0 N–H and O–H groups in total. The molecule has 0 spiro atoms. The molecule has 0 aliphatic carbocycles. The SMILES string of the molecule is CCCC1(C)OCC(C)([N+](=O)[O-])CO1. The van der Waals surface area contributed by atoms with Crippen molar-refractivity contribution in [1.29, 1.82) is 0 Å². The molecule has 82 valence electrons. The van der Waals surface area contributed by atoms with Gasteiger partial charge < -0.3 is 9.47 Å². The van der Waals surface area contributed by atoms with Crippen LogP contribution >= 0.6 is 0 Å². The number of nitro groups is 1. The molecular weight excluding hydrogens is 186 g/mol. The Bertz CT molecular complexity index is 221. The standard InChI is InChI=1S/C9H17NO4/c1-4-5-9(3)13-6-8(2,7-14-9)10(11)12/h4-7H2,1-3H3. The van der Waals surface area contributed by atoms with Gasteiger partial charge in [0.1, 0.15) is 13.2 Å². The van der Waals surface area contributed by atoms with Crippen molar-refractivity contribution >= 4 is 0 Å². The van der Waals surface area contributed by atoms with Crippen molar-refractivity contribution in [2.45, 2.75) is 44.9 Å². The number of rotatable bonds is 3. The third-order valence-corrected chi connectivity index (χ3v) is 2.52. The summed E-state index contributed by atoms with van der Waals surface area (Å²) >= 11 is 0. The van der Waals surface area contributed by atoms with Crippen molar-refractivity contribution in [3.63, 3.8) is 0 Å². The Morgan fingerprint density at radius 1 is 1.36 bits per heavy atom. The fourth-order valence-electron chi connectivity index (χ4n) is 1.40. The summed E-state index contributed by atoms with van der Waals surface area (Å²) in [4.78, 5) is 10.4. The highest BCUT2D eigenvalue weighted by atomic mass is 16.7. The second-order valence-corrected chi connectivity index (χ2v) is 4.22. The topological polar surface area (TPSA) is 61.6 Å². The molecule has 5 heteroatoms. The molecule has 1 rings (SSSR count). The summed E-state index contributed by atoms with van der Waals surface area (Å²) in [6.45, 7) is 5.64. The maximum absolute atomic E-state index is 10.7. The third kappa shape index (κ3) is 2.22. The van der Waals surface area contributed by atoms with Gasteiger partial charge in [0, 0.05) is 18.3 Å². The van der Waals surface area contributed by atoms with Gasteiger partial charge in [0.15, 0.2) is 5.79 Å². The van der Waals surface area contributed by atoms with Gasteiger partial charge in [0.25, 0.3) is 5.54 Å². The summed E-state index contributed by atoms with van der Waals surface area (Å²) in [5, 5.41) is 10.7. The second kappa shape index (κ2) is 3.82. The molecule has 0 atom stereocenters. The normalized spacial score (nSPS) is 38.2. The van der Waals surface area contributed by atoms with Crippen molar-refractivity contribution in [2.24, 2.45) is 0 Å². The Kier molecular flexibility index (Phi) is 3.11. The lowest BCUT2D eigenvalue weighted by atomic mass is 10.0. The van der Waals surface area contributed by atoms with Gasteiger partial charge in [0.05, 0.1) is 0 Å². The maximum Gasteiger partial charge on any atom is 0.265 e. The lowest BCUT2D eigenvalue weighted by Gasteiger charge is -2.38. The van der Waals surface area contributed by atoms with Crippen molar-refractivity contribution in [3.05, 3.63) is 10.1 Å². The van der Waals surface area contributed by atoms with E-state index >= 15 is 0 Å². The Balaban J connectivity index is 2.57. The first-order valence-corrected chi connectivity index (χ1v) is 4.84. The van der Waals surface area contributed by atoms with E-state index in [-0.39, 0.29) is 18.1 Å². The summed E-state index contributed by atoms with van der Waals surface area (Å²) in [5.74, 6) is -0.635. The van der Waals surface area contributed by atoms with Crippen molar-refractivity contribution in [2.75, 3.05) is 13.2 Å². The van der Waals surface area contributed by atoms with Gasteiger partial charge in [-0.1, -0.05) is 13.3 Å². The lowest BCUT2D eigenvalue weighted by molar-refractivity contribution is -0.591. The Hall–Kier alpha value is -0.680. The van der Waals surface area contributed by atoms with Crippen LogP contribution in [0.25, 0.3) is 0 Å². The lowest BCUT2D eigenvalue weighted by Crippen LogP contribution is -2.54. The smallest absolute Gasteiger partial charge is 0.265 e. The predicted octanol–water partition coefficient (Wildman–Crippen LogP) is 1.58. The molecule has 0 bridgehead atoms. The molecule has 0 aromatic heterocycles. The summed E-state index contributed by atoms with van der Waals surface area (Å²) in [6, 6.07) is 0. The van der Waals surface area contributed by atoms with Gasteiger partial charge in [-0.05, 0) is 6.92 Å². The molecule has 0 aromatic carbocycles. The monoisotopic (exact) mass is 203 g/mol. The first-order chi connectivity index (χ1) is 6.42. The maximum atomic E-state index is 10.7. The Labute approximate surface area is 83.5 Å². The Morgan fingerprint density at radius 3 is 2.21 bits per heavy atom. The molecule has 1 aliphatic rings. The van der Waals surface area contributed by atoms with Gasteiger partial charge in [-0.2, -0.15) is 0 Å². The van der Waals surface area contributed by atoms with E-state index in [9.17, 15) is 10.1 Å². The van der Waals surface area contributed by atoms with Gasteiger partial charge >= 0.3 is 0 Å². The van der Waals surface area contributed by atoms with Gasteiger partial charge in [0.2, 0.25) is 0 Å². The number of hydrogen-bond acceptors (Lipinski definition) is 4. The minimum absolute atomic E-state index is 0.122. The van der Waals surface area contributed by atoms with Gasteiger partial charge in [-0.3, -0.25) is 10.1 Å². The number of ether oxygens (including phenoxy) is 2. The van der Waals surface area contributed by atoms with Crippen LogP contribution in [0.3, 0.4) is 0 Å². The van der Waals surface area contributed by atoms with E-state index in [0.717, 1.165) is 12.8 Å². The van der Waals surface area contributed by atoms with Crippen LogP contribution in [0.2, 0.25) is 0 Å². The van der Waals surface area contributed by atoms with Crippen LogP contribution in [0, 0.1) is 10.1 Å². The molecule has 1 aliphatic heterocycles. The zero-order valence-corrected chi connectivity index (χ0v) is 8.91. The molecule has 0 aromatic rings. The molecule has 0 radical (unpaired) electrons. The molecule has 0 saturated carbocycles. The Morgan fingerprint density at radius 2 is 1.86 bits per heavy atom. The second-order valence-electron chi connectivity index (χ2n) is 4.22. The summed E-state index contributed by atoms with van der Waals surface area (Å²) in [7, 11) is 0. The highest BCUT2D eigenvalue weighted by molar-refractivity contribution is 4.80. The van der Waals surface area contributed by atoms with Crippen molar-refractivity contribution in [3.8, 4) is 0 Å². The van der Waals surface area contributed by atoms with E-state index in [4.69, 9.17) is 9.47 Å². The van der Waals surface area contributed by atoms with Crippen LogP contribution in [0.1, 0.15) is 33.6 Å². The zero-order valence-electron chi connectivity index (χ0n) is 8.91. The summed E-state index contributed by atoms with van der Waals surface area (Å²) in [6.07, 6.45) is 1.70. The molecule has 1 fully saturated rings. The molecule has 0 unspecified atom stereocenters. The van der Waals surface area contributed by atoms with E-state index in [1.165, 1.54) is 0 Å². The van der Waals surface area contributed by atoms with Crippen molar-refractivity contribution < 1.29 is 14.4 Å². The highest BCUT2D eigenvalue weighted by Crippen LogP contribution is 2.28. The average molecular weight is 203 g/mol. The fourth-order valence-corrected chi connectivity index (χ4v) is 1.40. The number of nitrogens with zero attached hydrogens (tertiary/aromatic N) is 1. The first kappa shape index (κ1) is 11.4.